The third-order valence-electron chi connectivity index (χ3n) is 4.42. The van der Waals surface area contributed by atoms with Crippen LogP contribution in [0.2, 0.25) is 0 Å². The van der Waals surface area contributed by atoms with Crippen molar-refractivity contribution in [2.45, 2.75) is 38.2 Å². The summed E-state index contributed by atoms with van der Waals surface area (Å²) in [5.74, 6) is -0.538. The fraction of sp³-hybridized carbons (Fsp3) is 0.400. The van der Waals surface area contributed by atoms with Crippen molar-refractivity contribution in [3.63, 3.8) is 0 Å². The highest BCUT2D eigenvalue weighted by atomic mass is 19.1. The molecule has 25 heavy (non-hydrogen) atoms. The number of pyridine rings is 1. The van der Waals surface area contributed by atoms with Crippen LogP contribution in [0.25, 0.3) is 11.3 Å². The largest absolute Gasteiger partial charge is 0.378 e. The third-order valence-corrected chi connectivity index (χ3v) is 4.42. The van der Waals surface area contributed by atoms with Crippen molar-refractivity contribution in [3.8, 4) is 11.3 Å². The molecule has 2 aromatic rings. The third kappa shape index (κ3) is 4.86. The Morgan fingerprint density at radius 3 is 3.00 bits per heavy atom. The van der Waals surface area contributed by atoms with E-state index in [0.717, 1.165) is 38.7 Å². The van der Waals surface area contributed by atoms with E-state index in [4.69, 9.17) is 4.74 Å². The van der Waals surface area contributed by atoms with Crippen molar-refractivity contribution in [2.75, 3.05) is 13.2 Å². The van der Waals surface area contributed by atoms with Crippen LogP contribution in [0.5, 0.6) is 0 Å². The Labute approximate surface area is 147 Å². The van der Waals surface area contributed by atoms with Crippen LogP contribution < -0.4 is 5.32 Å². The van der Waals surface area contributed by atoms with Crippen LogP contribution in [0, 0.1) is 5.82 Å². The zero-order chi connectivity index (χ0) is 17.5. The predicted octanol–water partition coefficient (Wildman–Crippen LogP) is 3.97. The molecule has 1 amide bonds. The SMILES string of the molecule is O=C(NCCCC[C@H]1CCCO1)c1cccc(-c2ncccc2F)c1. The van der Waals surface area contributed by atoms with Gasteiger partial charge in [0.05, 0.1) is 6.10 Å². The number of halogens is 1. The lowest BCUT2D eigenvalue weighted by atomic mass is 10.1. The number of amides is 1. The highest BCUT2D eigenvalue weighted by Crippen LogP contribution is 2.21. The first-order valence-electron chi connectivity index (χ1n) is 8.85. The molecule has 132 valence electrons. The van der Waals surface area contributed by atoms with Gasteiger partial charge < -0.3 is 10.1 Å². The number of benzene rings is 1. The van der Waals surface area contributed by atoms with Gasteiger partial charge in [-0.15, -0.1) is 0 Å². The summed E-state index contributed by atoms with van der Waals surface area (Å²) in [7, 11) is 0. The van der Waals surface area contributed by atoms with Crippen molar-refractivity contribution in [2.24, 2.45) is 0 Å². The van der Waals surface area contributed by atoms with E-state index < -0.39 is 5.82 Å². The molecular formula is C20H23FN2O2. The maximum Gasteiger partial charge on any atom is 0.251 e. The van der Waals surface area contributed by atoms with Gasteiger partial charge in [-0.05, 0) is 56.4 Å². The van der Waals surface area contributed by atoms with Crippen LogP contribution in [-0.4, -0.2) is 30.1 Å². The standard InChI is InChI=1S/C20H23FN2O2/c21-18-10-4-12-22-19(18)15-6-3-7-16(14-15)20(24)23-11-2-1-8-17-9-5-13-25-17/h3-4,6-7,10,12,14,17H,1-2,5,8-9,11,13H2,(H,23,24)/t17-/m0/s1. The molecule has 2 heterocycles. The number of rotatable bonds is 7. The molecule has 1 aromatic carbocycles. The zero-order valence-corrected chi connectivity index (χ0v) is 14.2. The average molecular weight is 342 g/mol. The minimum Gasteiger partial charge on any atom is -0.378 e. The topological polar surface area (TPSA) is 51.2 Å². The second-order valence-electron chi connectivity index (χ2n) is 6.30. The Morgan fingerprint density at radius 2 is 2.20 bits per heavy atom. The Morgan fingerprint density at radius 1 is 1.28 bits per heavy atom. The lowest BCUT2D eigenvalue weighted by molar-refractivity contribution is 0.0947. The van der Waals surface area contributed by atoms with Crippen LogP contribution in [0.3, 0.4) is 0 Å². The van der Waals surface area contributed by atoms with Crippen LogP contribution in [0.15, 0.2) is 42.6 Å². The van der Waals surface area contributed by atoms with Gasteiger partial charge in [-0.1, -0.05) is 12.1 Å². The minimum atomic E-state index is -0.394. The average Bonchev–Trinajstić information content (AvgIpc) is 3.15. The quantitative estimate of drug-likeness (QED) is 0.775. The van der Waals surface area contributed by atoms with Crippen molar-refractivity contribution in [1.29, 1.82) is 0 Å². The van der Waals surface area contributed by atoms with Crippen LogP contribution in [-0.2, 0) is 4.74 Å². The van der Waals surface area contributed by atoms with Gasteiger partial charge in [0.1, 0.15) is 11.5 Å². The van der Waals surface area contributed by atoms with Gasteiger partial charge in [-0.25, -0.2) is 4.39 Å². The molecule has 1 aromatic heterocycles. The summed E-state index contributed by atoms with van der Waals surface area (Å²) < 4.78 is 19.4. The molecule has 0 aliphatic carbocycles. The first-order valence-corrected chi connectivity index (χ1v) is 8.85. The lowest BCUT2D eigenvalue weighted by Crippen LogP contribution is -2.24. The summed E-state index contributed by atoms with van der Waals surface area (Å²) in [5, 5.41) is 2.92. The van der Waals surface area contributed by atoms with E-state index in [2.05, 4.69) is 10.3 Å². The van der Waals surface area contributed by atoms with E-state index in [9.17, 15) is 9.18 Å². The lowest BCUT2D eigenvalue weighted by Gasteiger charge is -2.10. The number of nitrogens with one attached hydrogen (secondary N) is 1. The van der Waals surface area contributed by atoms with E-state index in [0.29, 0.717) is 23.8 Å². The maximum atomic E-state index is 13.9. The summed E-state index contributed by atoms with van der Waals surface area (Å²) >= 11 is 0. The molecule has 3 rings (SSSR count). The van der Waals surface area contributed by atoms with E-state index >= 15 is 0 Å². The van der Waals surface area contributed by atoms with Gasteiger partial charge in [0.25, 0.3) is 5.91 Å². The minimum absolute atomic E-state index is 0.143. The number of carbonyl (C=O) groups is 1. The fourth-order valence-corrected chi connectivity index (χ4v) is 3.08. The number of aromatic nitrogens is 1. The molecule has 4 nitrogen and oxygen atoms in total. The Kier molecular flexibility index (Phi) is 6.12. The Bertz CT molecular complexity index is 714. The van der Waals surface area contributed by atoms with E-state index in [-0.39, 0.29) is 11.6 Å². The monoisotopic (exact) mass is 342 g/mol. The number of hydrogen-bond acceptors (Lipinski definition) is 3. The summed E-state index contributed by atoms with van der Waals surface area (Å²) in [6.07, 6.45) is 7.30. The molecule has 1 fully saturated rings. The van der Waals surface area contributed by atoms with Crippen LogP contribution in [0.4, 0.5) is 4.39 Å². The fourth-order valence-electron chi connectivity index (χ4n) is 3.08. The van der Waals surface area contributed by atoms with Crippen molar-refractivity contribution in [1.82, 2.24) is 10.3 Å². The predicted molar refractivity (Wildman–Crippen MR) is 94.8 cm³/mol. The van der Waals surface area contributed by atoms with Crippen molar-refractivity contribution in [3.05, 3.63) is 54.0 Å². The molecule has 5 heteroatoms. The highest BCUT2D eigenvalue weighted by Gasteiger charge is 2.14. The number of nitrogens with zero attached hydrogens (tertiary/aromatic N) is 1. The molecule has 0 unspecified atom stereocenters. The molecule has 1 atom stereocenters. The van der Waals surface area contributed by atoms with Crippen molar-refractivity contribution < 1.29 is 13.9 Å². The molecule has 0 saturated carbocycles. The molecule has 1 saturated heterocycles. The first kappa shape index (κ1) is 17.5. The van der Waals surface area contributed by atoms with Gasteiger partial charge in [0.15, 0.2) is 0 Å². The summed E-state index contributed by atoms with van der Waals surface area (Å²) in [5.41, 5.74) is 1.37. The summed E-state index contributed by atoms with van der Waals surface area (Å²) in [6.45, 7) is 1.52. The molecule has 0 spiro atoms. The Balaban J connectivity index is 1.50. The number of unbranched alkanes of at least 4 members (excludes halogenated alkanes) is 1. The first-order chi connectivity index (χ1) is 12.2. The van der Waals surface area contributed by atoms with Gasteiger partial charge in [-0.3, -0.25) is 9.78 Å². The van der Waals surface area contributed by atoms with Crippen LogP contribution in [0.1, 0.15) is 42.5 Å². The van der Waals surface area contributed by atoms with Gasteiger partial charge >= 0.3 is 0 Å². The van der Waals surface area contributed by atoms with Gasteiger partial charge in [-0.2, -0.15) is 0 Å². The summed E-state index contributed by atoms with van der Waals surface area (Å²) in [4.78, 5) is 16.3. The highest BCUT2D eigenvalue weighted by molar-refractivity contribution is 5.95. The van der Waals surface area contributed by atoms with E-state index in [1.807, 2.05) is 0 Å². The van der Waals surface area contributed by atoms with Crippen LogP contribution >= 0.6 is 0 Å². The zero-order valence-electron chi connectivity index (χ0n) is 14.2. The number of hydrogen-bond donors (Lipinski definition) is 1. The second-order valence-corrected chi connectivity index (χ2v) is 6.30. The smallest absolute Gasteiger partial charge is 0.251 e. The number of carbonyl (C=O) groups excluding carboxylic acids is 1. The normalized spacial score (nSPS) is 16.8. The Hall–Kier alpha value is -2.27. The molecule has 1 aliphatic rings. The van der Waals surface area contributed by atoms with Gasteiger partial charge in [0, 0.05) is 30.5 Å². The number of ether oxygens (including phenoxy) is 1. The molecular weight excluding hydrogens is 319 g/mol. The summed E-state index contributed by atoms with van der Waals surface area (Å²) in [6, 6.07) is 9.81. The molecule has 1 N–H and O–H groups in total. The van der Waals surface area contributed by atoms with Gasteiger partial charge in [0.2, 0.25) is 0 Å². The molecule has 1 aliphatic heterocycles. The second kappa shape index (κ2) is 8.72. The maximum absolute atomic E-state index is 13.9. The van der Waals surface area contributed by atoms with E-state index in [1.54, 1.807) is 36.5 Å². The molecule has 0 radical (unpaired) electrons. The van der Waals surface area contributed by atoms with Crippen molar-refractivity contribution >= 4 is 5.91 Å². The molecule has 0 bridgehead atoms. The van der Waals surface area contributed by atoms with E-state index in [1.165, 1.54) is 6.07 Å².